The third-order valence-electron chi connectivity index (χ3n) is 4.07. The summed E-state index contributed by atoms with van der Waals surface area (Å²) in [4.78, 5) is 14.6. The van der Waals surface area contributed by atoms with E-state index in [2.05, 4.69) is 20.3 Å². The molecule has 0 aliphatic heterocycles. The number of nitro groups is 1. The van der Waals surface area contributed by atoms with E-state index >= 15 is 0 Å². The summed E-state index contributed by atoms with van der Waals surface area (Å²) >= 11 is 0. The number of ether oxygens (including phenoxy) is 1. The van der Waals surface area contributed by atoms with Crippen molar-refractivity contribution >= 4 is 21.7 Å². The molecule has 0 aliphatic carbocycles. The third kappa shape index (κ3) is 7.54. The normalized spacial score (nSPS) is 11.7. The van der Waals surface area contributed by atoms with Crippen molar-refractivity contribution in [3.05, 3.63) is 64.2 Å². The Labute approximate surface area is 181 Å². The minimum Gasteiger partial charge on any atom is -0.494 e. The van der Waals surface area contributed by atoms with Gasteiger partial charge in [0.25, 0.3) is 5.69 Å². The fraction of sp³-hybridized carbons (Fsp3) is 0.350. The van der Waals surface area contributed by atoms with Gasteiger partial charge in [-0.15, -0.1) is 0 Å². The average Bonchev–Trinajstić information content (AvgIpc) is 2.76. The highest BCUT2D eigenvalue weighted by molar-refractivity contribution is 7.89. The molecule has 11 heteroatoms. The van der Waals surface area contributed by atoms with Gasteiger partial charge in [-0.3, -0.25) is 10.1 Å². The van der Waals surface area contributed by atoms with Gasteiger partial charge in [-0.05, 0) is 26.0 Å². The van der Waals surface area contributed by atoms with Crippen LogP contribution in [0.2, 0.25) is 0 Å². The topological polar surface area (TPSA) is 135 Å². The molecular weight excluding hydrogens is 422 g/mol. The zero-order valence-corrected chi connectivity index (χ0v) is 18.3. The summed E-state index contributed by atoms with van der Waals surface area (Å²) in [7, 11) is -3.86. The van der Waals surface area contributed by atoms with Crippen LogP contribution in [0.4, 0.5) is 5.69 Å². The monoisotopic (exact) mass is 449 g/mol. The van der Waals surface area contributed by atoms with Gasteiger partial charge in [-0.25, -0.2) is 18.1 Å². The van der Waals surface area contributed by atoms with E-state index in [1.165, 1.54) is 18.2 Å². The van der Waals surface area contributed by atoms with Crippen molar-refractivity contribution in [2.75, 3.05) is 26.2 Å². The van der Waals surface area contributed by atoms with Gasteiger partial charge in [0.1, 0.15) is 5.75 Å². The van der Waals surface area contributed by atoms with Gasteiger partial charge in [-0.1, -0.05) is 24.3 Å². The van der Waals surface area contributed by atoms with Gasteiger partial charge >= 0.3 is 0 Å². The van der Waals surface area contributed by atoms with Crippen molar-refractivity contribution in [2.45, 2.75) is 25.3 Å². The molecule has 0 saturated carbocycles. The predicted octanol–water partition coefficient (Wildman–Crippen LogP) is 2.03. The molecule has 0 aromatic heterocycles. The predicted molar refractivity (Wildman–Crippen MR) is 119 cm³/mol. The van der Waals surface area contributed by atoms with E-state index in [1.807, 2.05) is 38.1 Å². The summed E-state index contributed by atoms with van der Waals surface area (Å²) in [5.74, 6) is 1.30. The van der Waals surface area contributed by atoms with E-state index in [0.717, 1.165) is 17.4 Å². The average molecular weight is 450 g/mol. The van der Waals surface area contributed by atoms with Gasteiger partial charge < -0.3 is 15.4 Å². The van der Waals surface area contributed by atoms with E-state index in [-0.39, 0.29) is 23.7 Å². The second kappa shape index (κ2) is 11.9. The van der Waals surface area contributed by atoms with Gasteiger partial charge in [0.15, 0.2) is 5.96 Å². The second-order valence-corrected chi connectivity index (χ2v) is 8.08. The van der Waals surface area contributed by atoms with Gasteiger partial charge in [-0.2, -0.15) is 0 Å². The van der Waals surface area contributed by atoms with Crippen LogP contribution in [0.25, 0.3) is 0 Å². The van der Waals surface area contributed by atoms with Gasteiger partial charge in [0.05, 0.1) is 23.0 Å². The lowest BCUT2D eigenvalue weighted by molar-refractivity contribution is -0.385. The summed E-state index contributed by atoms with van der Waals surface area (Å²) in [6, 6.07) is 12.5. The van der Waals surface area contributed by atoms with Crippen molar-refractivity contribution in [3.63, 3.8) is 0 Å². The highest BCUT2D eigenvalue weighted by Gasteiger charge is 2.17. The minimum atomic E-state index is -3.86. The summed E-state index contributed by atoms with van der Waals surface area (Å²) in [5.41, 5.74) is 0.655. The van der Waals surface area contributed by atoms with E-state index in [4.69, 9.17) is 4.74 Å². The summed E-state index contributed by atoms with van der Waals surface area (Å²) in [6.45, 7) is 5.78. The minimum absolute atomic E-state index is 0.0744. The molecule has 0 atom stereocenters. The number of nitrogens with zero attached hydrogens (tertiary/aromatic N) is 2. The van der Waals surface area contributed by atoms with Crippen LogP contribution in [-0.4, -0.2) is 45.5 Å². The molecule has 2 aromatic rings. The van der Waals surface area contributed by atoms with Crippen molar-refractivity contribution in [3.8, 4) is 5.75 Å². The Balaban J connectivity index is 1.94. The number of nitro benzene ring substituents is 1. The molecular formula is C20H27N5O5S. The van der Waals surface area contributed by atoms with Crippen molar-refractivity contribution < 1.29 is 18.1 Å². The molecule has 0 radical (unpaired) electrons. The van der Waals surface area contributed by atoms with Crippen LogP contribution in [0.1, 0.15) is 19.4 Å². The lowest BCUT2D eigenvalue weighted by atomic mass is 10.2. The maximum Gasteiger partial charge on any atom is 0.270 e. The highest BCUT2D eigenvalue weighted by Crippen LogP contribution is 2.19. The molecule has 10 nitrogen and oxygen atoms in total. The van der Waals surface area contributed by atoms with Crippen LogP contribution in [0, 0.1) is 10.1 Å². The van der Waals surface area contributed by atoms with E-state index < -0.39 is 14.9 Å². The second-order valence-electron chi connectivity index (χ2n) is 6.31. The van der Waals surface area contributed by atoms with E-state index in [9.17, 15) is 18.5 Å². The third-order valence-corrected chi connectivity index (χ3v) is 5.53. The molecule has 0 fully saturated rings. The fourth-order valence-corrected chi connectivity index (χ4v) is 3.72. The number of guanidine groups is 1. The Morgan fingerprint density at radius 3 is 2.58 bits per heavy atom. The molecule has 0 saturated heterocycles. The number of benzene rings is 2. The summed E-state index contributed by atoms with van der Waals surface area (Å²) in [6.07, 6.45) is 0. The van der Waals surface area contributed by atoms with Crippen molar-refractivity contribution in [1.29, 1.82) is 0 Å². The molecule has 31 heavy (non-hydrogen) atoms. The number of hydrogen-bond acceptors (Lipinski definition) is 6. The highest BCUT2D eigenvalue weighted by atomic mass is 32.2. The summed E-state index contributed by atoms with van der Waals surface area (Å²) in [5, 5.41) is 17.0. The molecule has 2 aromatic carbocycles. The van der Waals surface area contributed by atoms with Gasteiger partial charge in [0.2, 0.25) is 10.0 Å². The SMILES string of the molecule is CCNC(=NCc1ccccc1OCC)NCCNS(=O)(=O)c1cccc([N+](=O)[O-])c1. The lowest BCUT2D eigenvalue weighted by Crippen LogP contribution is -2.41. The number of hydrogen-bond donors (Lipinski definition) is 3. The van der Waals surface area contributed by atoms with Crippen LogP contribution in [0.3, 0.4) is 0 Å². The first-order valence-corrected chi connectivity index (χ1v) is 11.3. The Kier molecular flexibility index (Phi) is 9.22. The lowest BCUT2D eigenvalue weighted by Gasteiger charge is -2.13. The molecule has 0 unspecified atom stereocenters. The molecule has 0 spiro atoms. The molecule has 0 bridgehead atoms. The first-order chi connectivity index (χ1) is 14.9. The van der Waals surface area contributed by atoms with Crippen LogP contribution >= 0.6 is 0 Å². The Morgan fingerprint density at radius 1 is 1.10 bits per heavy atom. The largest absolute Gasteiger partial charge is 0.494 e. The molecule has 2 rings (SSSR count). The number of sulfonamides is 1. The molecule has 168 valence electrons. The number of rotatable bonds is 11. The van der Waals surface area contributed by atoms with E-state index in [0.29, 0.717) is 25.7 Å². The van der Waals surface area contributed by atoms with Crippen molar-refractivity contribution in [1.82, 2.24) is 15.4 Å². The van der Waals surface area contributed by atoms with Gasteiger partial charge in [0, 0.05) is 37.3 Å². The van der Waals surface area contributed by atoms with Crippen LogP contribution in [-0.2, 0) is 16.6 Å². The molecule has 3 N–H and O–H groups in total. The Bertz CT molecular complexity index is 1010. The number of aliphatic imine (C=N–C) groups is 1. The fourth-order valence-electron chi connectivity index (χ4n) is 2.65. The van der Waals surface area contributed by atoms with Crippen LogP contribution in [0.5, 0.6) is 5.75 Å². The maximum atomic E-state index is 12.4. The quantitative estimate of drug-likeness (QED) is 0.157. The zero-order valence-electron chi connectivity index (χ0n) is 17.5. The number of nitrogens with one attached hydrogen (secondary N) is 3. The Hall–Kier alpha value is -3.18. The zero-order chi connectivity index (χ0) is 22.7. The molecule has 0 aliphatic rings. The number of non-ortho nitro benzene ring substituents is 1. The van der Waals surface area contributed by atoms with Crippen LogP contribution in [0.15, 0.2) is 58.4 Å². The Morgan fingerprint density at radius 2 is 1.87 bits per heavy atom. The van der Waals surface area contributed by atoms with Crippen molar-refractivity contribution in [2.24, 2.45) is 4.99 Å². The smallest absolute Gasteiger partial charge is 0.270 e. The maximum absolute atomic E-state index is 12.4. The first-order valence-electron chi connectivity index (χ1n) is 9.84. The van der Waals surface area contributed by atoms with E-state index in [1.54, 1.807) is 0 Å². The number of para-hydroxylation sites is 1. The van der Waals surface area contributed by atoms with Crippen LogP contribution < -0.4 is 20.1 Å². The standard InChI is InChI=1S/C20H27N5O5S/c1-3-21-20(23-15-16-8-5-6-11-19(16)30-4-2)22-12-13-24-31(28,29)18-10-7-9-17(14-18)25(26)27/h5-11,14,24H,3-4,12-13,15H2,1-2H3,(H2,21,22,23). The molecule has 0 heterocycles. The first kappa shape index (κ1) is 24.1. The summed E-state index contributed by atoms with van der Waals surface area (Å²) < 4.78 is 32.8. The molecule has 0 amide bonds.